The number of nitrogens with zero attached hydrogens (tertiary/aromatic N) is 2. The van der Waals surface area contributed by atoms with Crippen LogP contribution in [0.15, 0.2) is 54.0 Å². The third-order valence-corrected chi connectivity index (χ3v) is 6.78. The number of benzene rings is 1. The van der Waals surface area contributed by atoms with Gasteiger partial charge in [-0.1, -0.05) is 57.0 Å². The lowest BCUT2D eigenvalue weighted by Gasteiger charge is -2.19. The molecule has 6 heteroatoms. The number of hydrogen-bond acceptors (Lipinski definition) is 4. The van der Waals surface area contributed by atoms with Crippen molar-refractivity contribution >= 4 is 23.1 Å². The molecule has 2 aromatic heterocycles. The van der Waals surface area contributed by atoms with Crippen LogP contribution in [0.3, 0.4) is 0 Å². The smallest absolute Gasteiger partial charge is 0.239 e. The number of thiophene rings is 1. The van der Waals surface area contributed by atoms with Crippen molar-refractivity contribution in [2.75, 3.05) is 11.9 Å². The van der Waals surface area contributed by atoms with Gasteiger partial charge in [-0.2, -0.15) is 5.10 Å². The first-order valence-electron chi connectivity index (χ1n) is 10.8. The zero-order chi connectivity index (χ0) is 20.9. The lowest BCUT2D eigenvalue weighted by molar-refractivity contribution is -0.115. The monoisotopic (exact) mass is 422 g/mol. The minimum absolute atomic E-state index is 0.00305. The van der Waals surface area contributed by atoms with E-state index in [2.05, 4.69) is 71.4 Å². The molecule has 1 aromatic carbocycles. The summed E-state index contributed by atoms with van der Waals surface area (Å²) < 4.78 is 1.98. The van der Waals surface area contributed by atoms with Gasteiger partial charge in [-0.3, -0.25) is 10.1 Å². The predicted octanol–water partition coefficient (Wildman–Crippen LogP) is 5.50. The predicted molar refractivity (Wildman–Crippen MR) is 123 cm³/mol. The van der Waals surface area contributed by atoms with Crippen LogP contribution in [0.5, 0.6) is 0 Å². The summed E-state index contributed by atoms with van der Waals surface area (Å²) in [6, 6.07) is 15.2. The van der Waals surface area contributed by atoms with Gasteiger partial charge in [-0.05, 0) is 41.3 Å². The van der Waals surface area contributed by atoms with Gasteiger partial charge in [0, 0.05) is 10.9 Å². The van der Waals surface area contributed by atoms with Crippen LogP contribution >= 0.6 is 11.3 Å². The fourth-order valence-electron chi connectivity index (χ4n) is 4.15. The van der Waals surface area contributed by atoms with E-state index in [1.54, 1.807) is 17.5 Å². The zero-order valence-electron chi connectivity index (χ0n) is 17.7. The van der Waals surface area contributed by atoms with Gasteiger partial charge >= 0.3 is 0 Å². The van der Waals surface area contributed by atoms with Crippen molar-refractivity contribution in [1.29, 1.82) is 0 Å². The molecular weight excluding hydrogens is 392 g/mol. The van der Waals surface area contributed by atoms with E-state index in [1.165, 1.54) is 28.8 Å². The van der Waals surface area contributed by atoms with Gasteiger partial charge in [0.25, 0.3) is 0 Å². The summed E-state index contributed by atoms with van der Waals surface area (Å²) in [5.74, 6) is 1.25. The summed E-state index contributed by atoms with van der Waals surface area (Å²) >= 11 is 1.70. The highest BCUT2D eigenvalue weighted by Crippen LogP contribution is 2.31. The molecule has 1 aliphatic carbocycles. The van der Waals surface area contributed by atoms with Crippen LogP contribution in [0.1, 0.15) is 73.5 Å². The molecule has 1 unspecified atom stereocenters. The van der Waals surface area contributed by atoms with Crippen molar-refractivity contribution in [3.8, 4) is 0 Å². The summed E-state index contributed by atoms with van der Waals surface area (Å²) in [6.45, 7) is 4.64. The molecule has 3 aromatic rings. The van der Waals surface area contributed by atoms with Gasteiger partial charge in [-0.15, -0.1) is 11.3 Å². The van der Waals surface area contributed by atoms with E-state index < -0.39 is 0 Å². The standard InChI is InChI=1S/C24H30N4OS/c1-17(2)18-9-11-19(12-10-18)24(21-8-5-15-30-21)25-16-23(29)27-22-13-14-26-28(22)20-6-3-4-7-20/h5,8-15,17,20,24-25H,3-4,6-7,16H2,1-2H3,(H,27,29). The SMILES string of the molecule is CC(C)c1ccc(C(NCC(=O)Nc2ccnn2C2CCCC2)c2cccs2)cc1. The Kier molecular flexibility index (Phi) is 6.65. The maximum absolute atomic E-state index is 12.7. The number of rotatable bonds is 8. The zero-order valence-corrected chi connectivity index (χ0v) is 18.5. The lowest BCUT2D eigenvalue weighted by atomic mass is 9.98. The molecular formula is C24H30N4OS. The molecule has 158 valence electrons. The Morgan fingerprint density at radius 1 is 1.13 bits per heavy atom. The normalized spacial score (nSPS) is 15.6. The third kappa shape index (κ3) is 4.82. The first-order chi connectivity index (χ1) is 14.6. The van der Waals surface area contributed by atoms with Crippen molar-refractivity contribution < 1.29 is 4.79 Å². The highest BCUT2D eigenvalue weighted by molar-refractivity contribution is 7.10. The summed E-state index contributed by atoms with van der Waals surface area (Å²) in [7, 11) is 0. The van der Waals surface area contributed by atoms with Gasteiger partial charge in [0.05, 0.1) is 24.8 Å². The van der Waals surface area contributed by atoms with E-state index in [4.69, 9.17) is 0 Å². The molecule has 1 amide bonds. The molecule has 0 spiro atoms. The number of carbonyl (C=O) groups is 1. The molecule has 4 rings (SSSR count). The van der Waals surface area contributed by atoms with Crippen LogP contribution in [0.25, 0.3) is 0 Å². The van der Waals surface area contributed by atoms with Gasteiger partial charge < -0.3 is 5.32 Å². The Morgan fingerprint density at radius 3 is 2.53 bits per heavy atom. The van der Waals surface area contributed by atoms with Crippen LogP contribution < -0.4 is 10.6 Å². The molecule has 2 N–H and O–H groups in total. The number of anilines is 1. The highest BCUT2D eigenvalue weighted by Gasteiger charge is 2.21. The first-order valence-corrected chi connectivity index (χ1v) is 11.7. The van der Waals surface area contributed by atoms with E-state index in [0.29, 0.717) is 12.0 Å². The Hall–Kier alpha value is -2.44. The van der Waals surface area contributed by atoms with Gasteiger partial charge in [0.15, 0.2) is 0 Å². The van der Waals surface area contributed by atoms with E-state index in [1.807, 2.05) is 10.7 Å². The third-order valence-electron chi connectivity index (χ3n) is 5.84. The van der Waals surface area contributed by atoms with Crippen LogP contribution in [-0.2, 0) is 4.79 Å². The minimum Gasteiger partial charge on any atom is -0.310 e. The van der Waals surface area contributed by atoms with E-state index in [9.17, 15) is 4.79 Å². The molecule has 0 saturated heterocycles. The number of nitrogens with one attached hydrogen (secondary N) is 2. The fraction of sp³-hybridized carbons (Fsp3) is 0.417. The van der Waals surface area contributed by atoms with E-state index >= 15 is 0 Å². The average molecular weight is 423 g/mol. The molecule has 0 bridgehead atoms. The van der Waals surface area contributed by atoms with Crippen LogP contribution in [-0.4, -0.2) is 22.2 Å². The summed E-state index contributed by atoms with van der Waals surface area (Å²) in [6.07, 6.45) is 6.51. The molecule has 0 radical (unpaired) electrons. The van der Waals surface area contributed by atoms with Crippen molar-refractivity contribution in [3.63, 3.8) is 0 Å². The van der Waals surface area contributed by atoms with Crippen molar-refractivity contribution in [2.45, 2.75) is 57.5 Å². The summed E-state index contributed by atoms with van der Waals surface area (Å²) in [5.41, 5.74) is 2.49. The summed E-state index contributed by atoms with van der Waals surface area (Å²) in [5, 5.41) is 13.0. The largest absolute Gasteiger partial charge is 0.310 e. The Bertz CT molecular complexity index is 940. The maximum atomic E-state index is 12.7. The molecule has 0 aliphatic heterocycles. The molecule has 5 nitrogen and oxygen atoms in total. The van der Waals surface area contributed by atoms with E-state index in [-0.39, 0.29) is 18.5 Å². The molecule has 30 heavy (non-hydrogen) atoms. The van der Waals surface area contributed by atoms with Crippen molar-refractivity contribution in [2.24, 2.45) is 0 Å². The number of hydrogen-bond donors (Lipinski definition) is 2. The molecule has 1 atom stereocenters. The fourth-order valence-corrected chi connectivity index (χ4v) is 4.97. The number of aromatic nitrogens is 2. The average Bonchev–Trinajstić information content (AvgIpc) is 3.51. The van der Waals surface area contributed by atoms with Crippen LogP contribution in [0.2, 0.25) is 0 Å². The van der Waals surface area contributed by atoms with E-state index in [0.717, 1.165) is 18.7 Å². The Morgan fingerprint density at radius 2 is 1.87 bits per heavy atom. The highest BCUT2D eigenvalue weighted by atomic mass is 32.1. The Labute approximate surface area is 182 Å². The van der Waals surface area contributed by atoms with Gasteiger partial charge in [0.2, 0.25) is 5.91 Å². The minimum atomic E-state index is -0.0462. The number of carbonyl (C=O) groups excluding carboxylic acids is 1. The molecule has 1 aliphatic rings. The second-order valence-corrected chi connectivity index (χ2v) is 9.28. The number of amides is 1. The van der Waals surface area contributed by atoms with Crippen molar-refractivity contribution in [1.82, 2.24) is 15.1 Å². The molecule has 1 saturated carbocycles. The maximum Gasteiger partial charge on any atom is 0.239 e. The quantitative estimate of drug-likeness (QED) is 0.504. The second kappa shape index (κ2) is 9.58. The summed E-state index contributed by atoms with van der Waals surface area (Å²) in [4.78, 5) is 13.9. The first kappa shape index (κ1) is 20.8. The molecule has 2 heterocycles. The van der Waals surface area contributed by atoms with Crippen molar-refractivity contribution in [3.05, 3.63) is 70.0 Å². The van der Waals surface area contributed by atoms with Crippen LogP contribution in [0.4, 0.5) is 5.82 Å². The van der Waals surface area contributed by atoms with Crippen LogP contribution in [0, 0.1) is 0 Å². The molecule has 1 fully saturated rings. The van der Waals surface area contributed by atoms with Gasteiger partial charge in [0.1, 0.15) is 5.82 Å². The van der Waals surface area contributed by atoms with Gasteiger partial charge in [-0.25, -0.2) is 4.68 Å². The lowest BCUT2D eigenvalue weighted by Crippen LogP contribution is -2.32. The topological polar surface area (TPSA) is 59.0 Å². The second-order valence-electron chi connectivity index (χ2n) is 8.30. The Balaban J connectivity index is 1.43.